The first-order valence-electron chi connectivity index (χ1n) is 4.45. The Kier molecular flexibility index (Phi) is 5.85. The summed E-state index contributed by atoms with van der Waals surface area (Å²) in [6, 6.07) is -0.0253. The molecular weight excluding hydrogens is 166 g/mol. The lowest BCUT2D eigenvalue weighted by atomic mass is 10.0. The molecule has 13 heavy (non-hydrogen) atoms. The minimum Gasteiger partial charge on any atom is -0.350 e. The normalized spacial score (nSPS) is 13.2. The topological polar surface area (TPSA) is 46.2 Å². The van der Waals surface area contributed by atoms with Crippen LogP contribution in [0.5, 0.6) is 0 Å². The Morgan fingerprint density at radius 2 is 2.08 bits per heavy atom. The first-order valence-corrected chi connectivity index (χ1v) is 4.45. The molecule has 0 aromatic rings. The maximum Gasteiger partial charge on any atom is 0.217 e. The highest BCUT2D eigenvalue weighted by Gasteiger charge is 2.07. The summed E-state index contributed by atoms with van der Waals surface area (Å²) in [6.45, 7) is 5.62. The van der Waals surface area contributed by atoms with E-state index in [0.29, 0.717) is 5.92 Å². The van der Waals surface area contributed by atoms with Gasteiger partial charge in [-0.2, -0.15) is 0 Å². The van der Waals surface area contributed by atoms with Crippen LogP contribution in [-0.2, 0) is 9.59 Å². The number of nitrogens with one attached hydrogen (secondary N) is 1. The number of rotatable bonds is 5. The van der Waals surface area contributed by atoms with E-state index >= 15 is 0 Å². The second-order valence-corrected chi connectivity index (χ2v) is 3.46. The van der Waals surface area contributed by atoms with E-state index < -0.39 is 0 Å². The van der Waals surface area contributed by atoms with Gasteiger partial charge in [0.2, 0.25) is 5.91 Å². The SMILES string of the molecule is CC(=O)N[C@H](/C=C/C=O)CC(C)C. The zero-order valence-corrected chi connectivity index (χ0v) is 8.41. The molecule has 0 aliphatic rings. The third-order valence-corrected chi connectivity index (χ3v) is 1.54. The predicted octanol–water partition coefficient (Wildman–Crippen LogP) is 1.29. The number of hydrogen-bond acceptors (Lipinski definition) is 2. The van der Waals surface area contributed by atoms with Gasteiger partial charge in [0, 0.05) is 13.0 Å². The summed E-state index contributed by atoms with van der Waals surface area (Å²) in [4.78, 5) is 20.8. The van der Waals surface area contributed by atoms with Gasteiger partial charge in [0.1, 0.15) is 6.29 Å². The maximum atomic E-state index is 10.8. The lowest BCUT2D eigenvalue weighted by Gasteiger charge is -2.15. The molecule has 74 valence electrons. The molecule has 0 rings (SSSR count). The molecule has 1 N–H and O–H groups in total. The van der Waals surface area contributed by atoms with Gasteiger partial charge in [-0.05, 0) is 18.4 Å². The van der Waals surface area contributed by atoms with Crippen LogP contribution in [-0.4, -0.2) is 18.2 Å². The van der Waals surface area contributed by atoms with E-state index in [1.807, 2.05) is 0 Å². The van der Waals surface area contributed by atoms with Gasteiger partial charge in [0.25, 0.3) is 0 Å². The molecule has 0 heterocycles. The molecule has 0 aromatic heterocycles. The van der Waals surface area contributed by atoms with Gasteiger partial charge in [-0.3, -0.25) is 9.59 Å². The van der Waals surface area contributed by atoms with E-state index in [1.54, 1.807) is 6.08 Å². The second kappa shape index (κ2) is 6.40. The molecule has 0 unspecified atom stereocenters. The van der Waals surface area contributed by atoms with Crippen LogP contribution in [0.4, 0.5) is 0 Å². The monoisotopic (exact) mass is 183 g/mol. The molecule has 0 radical (unpaired) electrons. The number of carbonyl (C=O) groups excluding carboxylic acids is 2. The van der Waals surface area contributed by atoms with Gasteiger partial charge in [-0.25, -0.2) is 0 Å². The fourth-order valence-electron chi connectivity index (χ4n) is 1.13. The van der Waals surface area contributed by atoms with Crippen molar-refractivity contribution in [2.24, 2.45) is 5.92 Å². The van der Waals surface area contributed by atoms with Crippen molar-refractivity contribution in [3.05, 3.63) is 12.2 Å². The van der Waals surface area contributed by atoms with Crippen LogP contribution >= 0.6 is 0 Å². The highest BCUT2D eigenvalue weighted by molar-refractivity contribution is 5.73. The molecule has 0 saturated heterocycles. The molecule has 0 spiro atoms. The Bertz CT molecular complexity index is 197. The van der Waals surface area contributed by atoms with Crippen molar-refractivity contribution in [3.63, 3.8) is 0 Å². The van der Waals surface area contributed by atoms with Crippen molar-refractivity contribution >= 4 is 12.2 Å². The smallest absolute Gasteiger partial charge is 0.217 e. The second-order valence-electron chi connectivity index (χ2n) is 3.46. The summed E-state index contributed by atoms with van der Waals surface area (Å²) in [5, 5.41) is 2.76. The quantitative estimate of drug-likeness (QED) is 0.515. The zero-order valence-electron chi connectivity index (χ0n) is 8.41. The Morgan fingerprint density at radius 3 is 2.46 bits per heavy atom. The van der Waals surface area contributed by atoms with Crippen LogP contribution < -0.4 is 5.32 Å². The first-order chi connectivity index (χ1) is 6.06. The van der Waals surface area contributed by atoms with Gasteiger partial charge < -0.3 is 5.32 Å². The molecule has 3 nitrogen and oxygen atoms in total. The molecule has 0 aliphatic carbocycles. The Labute approximate surface area is 79.2 Å². The molecular formula is C10H17NO2. The number of hydrogen-bond donors (Lipinski definition) is 1. The molecule has 0 saturated carbocycles. The van der Waals surface area contributed by atoms with Gasteiger partial charge in [0.15, 0.2) is 0 Å². The fraction of sp³-hybridized carbons (Fsp3) is 0.600. The molecule has 1 atom stereocenters. The Morgan fingerprint density at radius 1 is 1.46 bits per heavy atom. The average molecular weight is 183 g/mol. The average Bonchev–Trinajstić information content (AvgIpc) is 1.98. The summed E-state index contributed by atoms with van der Waals surface area (Å²) in [6.07, 6.45) is 4.70. The first kappa shape index (κ1) is 11.9. The van der Waals surface area contributed by atoms with Gasteiger partial charge in [-0.1, -0.05) is 19.9 Å². The largest absolute Gasteiger partial charge is 0.350 e. The van der Waals surface area contributed by atoms with E-state index in [-0.39, 0.29) is 11.9 Å². The van der Waals surface area contributed by atoms with E-state index in [9.17, 15) is 9.59 Å². The van der Waals surface area contributed by atoms with Gasteiger partial charge in [0.05, 0.1) is 0 Å². The van der Waals surface area contributed by atoms with Crippen LogP contribution in [0.3, 0.4) is 0 Å². The summed E-state index contributed by atoms with van der Waals surface area (Å²) < 4.78 is 0. The third-order valence-electron chi connectivity index (χ3n) is 1.54. The predicted molar refractivity (Wildman–Crippen MR) is 52.3 cm³/mol. The van der Waals surface area contributed by atoms with Crippen LogP contribution in [0.25, 0.3) is 0 Å². The summed E-state index contributed by atoms with van der Waals surface area (Å²) in [5.41, 5.74) is 0. The van der Waals surface area contributed by atoms with Crippen molar-refractivity contribution in [2.45, 2.75) is 33.2 Å². The number of carbonyl (C=O) groups is 2. The summed E-state index contributed by atoms with van der Waals surface area (Å²) in [7, 11) is 0. The van der Waals surface area contributed by atoms with Gasteiger partial charge in [-0.15, -0.1) is 0 Å². The van der Waals surface area contributed by atoms with Crippen molar-refractivity contribution in [1.82, 2.24) is 5.32 Å². The van der Waals surface area contributed by atoms with Crippen LogP contribution in [0.15, 0.2) is 12.2 Å². The molecule has 0 aromatic carbocycles. The third kappa shape index (κ3) is 7.25. The maximum absolute atomic E-state index is 10.8. The Hall–Kier alpha value is -1.12. The van der Waals surface area contributed by atoms with E-state index in [2.05, 4.69) is 19.2 Å². The number of amides is 1. The molecule has 0 aliphatic heterocycles. The van der Waals surface area contributed by atoms with Crippen molar-refractivity contribution in [3.8, 4) is 0 Å². The number of aldehydes is 1. The van der Waals surface area contributed by atoms with Crippen molar-refractivity contribution in [1.29, 1.82) is 0 Å². The summed E-state index contributed by atoms with van der Waals surface area (Å²) >= 11 is 0. The highest BCUT2D eigenvalue weighted by atomic mass is 16.1. The fourth-order valence-corrected chi connectivity index (χ4v) is 1.13. The number of allylic oxidation sites excluding steroid dienone is 1. The summed E-state index contributed by atoms with van der Waals surface area (Å²) in [5.74, 6) is 0.425. The standard InChI is InChI=1S/C10H17NO2/c1-8(2)7-10(5-4-6-12)11-9(3)13/h4-6,8,10H,7H2,1-3H3,(H,11,13)/b5-4+/t10-/m1/s1. The van der Waals surface area contributed by atoms with Crippen LogP contribution in [0.1, 0.15) is 27.2 Å². The lowest BCUT2D eigenvalue weighted by molar-refractivity contribution is -0.119. The molecule has 1 amide bonds. The highest BCUT2D eigenvalue weighted by Crippen LogP contribution is 2.05. The van der Waals surface area contributed by atoms with E-state index in [4.69, 9.17) is 0 Å². The molecule has 3 heteroatoms. The Balaban J connectivity index is 4.09. The zero-order chi connectivity index (χ0) is 10.3. The van der Waals surface area contributed by atoms with Crippen LogP contribution in [0.2, 0.25) is 0 Å². The lowest BCUT2D eigenvalue weighted by Crippen LogP contribution is -2.32. The van der Waals surface area contributed by atoms with Crippen molar-refractivity contribution in [2.75, 3.05) is 0 Å². The van der Waals surface area contributed by atoms with Gasteiger partial charge >= 0.3 is 0 Å². The van der Waals surface area contributed by atoms with Crippen LogP contribution in [0, 0.1) is 5.92 Å². The molecule has 0 fully saturated rings. The van der Waals surface area contributed by atoms with E-state index in [1.165, 1.54) is 13.0 Å². The van der Waals surface area contributed by atoms with Crippen molar-refractivity contribution < 1.29 is 9.59 Å². The minimum absolute atomic E-state index is 0.0253. The molecule has 0 bridgehead atoms. The minimum atomic E-state index is -0.0683. The van der Waals surface area contributed by atoms with E-state index in [0.717, 1.165) is 12.7 Å².